The van der Waals surface area contributed by atoms with Gasteiger partial charge >= 0.3 is 0 Å². The van der Waals surface area contributed by atoms with Gasteiger partial charge in [0.25, 0.3) is 0 Å². The zero-order valence-electron chi connectivity index (χ0n) is 20.0. The van der Waals surface area contributed by atoms with Crippen LogP contribution in [0.3, 0.4) is 0 Å². The molecule has 0 radical (unpaired) electrons. The lowest BCUT2D eigenvalue weighted by molar-refractivity contribution is 0.0282. The SMILES string of the molecule is COc1cc(NCC(C)(O)CN(CCC(C)C)CCC(C)C)c2nccc(C)c2c1. The number of ether oxygens (including phenoxy) is 1. The first-order valence-electron chi connectivity index (χ1n) is 11.2. The number of methoxy groups -OCH3 is 1. The molecule has 0 spiro atoms. The molecule has 5 heteroatoms. The van der Waals surface area contributed by atoms with E-state index >= 15 is 0 Å². The number of nitrogens with zero attached hydrogens (tertiary/aromatic N) is 2. The van der Waals surface area contributed by atoms with Crippen molar-refractivity contribution in [2.75, 3.05) is 38.6 Å². The van der Waals surface area contributed by atoms with Crippen molar-refractivity contribution in [3.63, 3.8) is 0 Å². The van der Waals surface area contributed by atoms with Crippen LogP contribution in [-0.2, 0) is 0 Å². The molecule has 0 aliphatic carbocycles. The van der Waals surface area contributed by atoms with Gasteiger partial charge in [-0.1, -0.05) is 27.7 Å². The second-order valence-corrected chi connectivity index (χ2v) is 9.69. The van der Waals surface area contributed by atoms with E-state index in [-0.39, 0.29) is 0 Å². The Morgan fingerprint density at radius 3 is 2.33 bits per heavy atom. The summed E-state index contributed by atoms with van der Waals surface area (Å²) in [6.07, 6.45) is 4.11. The molecule has 0 aliphatic rings. The van der Waals surface area contributed by atoms with E-state index in [1.54, 1.807) is 7.11 Å². The van der Waals surface area contributed by atoms with Crippen LogP contribution in [-0.4, -0.2) is 53.9 Å². The summed E-state index contributed by atoms with van der Waals surface area (Å²) < 4.78 is 5.48. The van der Waals surface area contributed by atoms with Gasteiger partial charge in [-0.3, -0.25) is 4.98 Å². The Morgan fingerprint density at radius 2 is 1.77 bits per heavy atom. The van der Waals surface area contributed by atoms with Crippen LogP contribution in [0.1, 0.15) is 53.0 Å². The summed E-state index contributed by atoms with van der Waals surface area (Å²) in [6.45, 7) is 16.1. The standard InChI is InChI=1S/C25H41N3O2/c1-18(2)9-12-28(13-10-19(3)4)17-25(6,29)16-27-23-15-21(30-7)14-22-20(5)8-11-26-24(22)23/h8,11,14-15,18-19,27,29H,9-10,12-13,16-17H2,1-7H3. The number of aryl methyl sites for hydroxylation is 1. The molecule has 1 aromatic carbocycles. The van der Waals surface area contributed by atoms with Crippen molar-refractivity contribution in [3.8, 4) is 5.75 Å². The van der Waals surface area contributed by atoms with Crippen LogP contribution in [0, 0.1) is 18.8 Å². The molecule has 2 N–H and O–H groups in total. The highest BCUT2D eigenvalue weighted by Crippen LogP contribution is 2.30. The minimum absolute atomic E-state index is 0.449. The summed E-state index contributed by atoms with van der Waals surface area (Å²) in [5.74, 6) is 2.11. The van der Waals surface area contributed by atoms with Crippen molar-refractivity contribution in [3.05, 3.63) is 30.0 Å². The zero-order chi connectivity index (χ0) is 22.3. The van der Waals surface area contributed by atoms with Crippen molar-refractivity contribution < 1.29 is 9.84 Å². The van der Waals surface area contributed by atoms with E-state index in [1.165, 1.54) is 0 Å². The maximum atomic E-state index is 11.2. The number of nitrogens with one attached hydrogen (secondary N) is 1. The van der Waals surface area contributed by atoms with Gasteiger partial charge in [-0.15, -0.1) is 0 Å². The van der Waals surface area contributed by atoms with E-state index in [0.29, 0.717) is 24.9 Å². The van der Waals surface area contributed by atoms with Crippen molar-refractivity contribution in [1.29, 1.82) is 0 Å². The second kappa shape index (κ2) is 11.0. The van der Waals surface area contributed by atoms with Gasteiger partial charge in [0.2, 0.25) is 0 Å². The Kier molecular flexibility index (Phi) is 8.92. The molecule has 5 nitrogen and oxygen atoms in total. The zero-order valence-corrected chi connectivity index (χ0v) is 20.0. The molecular formula is C25H41N3O2. The normalized spacial score (nSPS) is 14.0. The van der Waals surface area contributed by atoms with Crippen LogP contribution in [0.25, 0.3) is 10.9 Å². The Bertz CT molecular complexity index is 790. The molecular weight excluding hydrogens is 374 g/mol. The number of hydrogen-bond acceptors (Lipinski definition) is 5. The summed E-state index contributed by atoms with van der Waals surface area (Å²) in [4.78, 5) is 6.98. The van der Waals surface area contributed by atoms with Gasteiger partial charge < -0.3 is 20.1 Å². The van der Waals surface area contributed by atoms with E-state index in [4.69, 9.17) is 4.74 Å². The number of aliphatic hydroxyl groups is 1. The molecule has 0 saturated carbocycles. The summed E-state index contributed by atoms with van der Waals surface area (Å²) in [5, 5.41) is 15.7. The van der Waals surface area contributed by atoms with Crippen LogP contribution in [0.2, 0.25) is 0 Å². The van der Waals surface area contributed by atoms with Crippen LogP contribution in [0.4, 0.5) is 5.69 Å². The molecule has 1 unspecified atom stereocenters. The second-order valence-electron chi connectivity index (χ2n) is 9.69. The molecule has 30 heavy (non-hydrogen) atoms. The molecule has 0 amide bonds. The lowest BCUT2D eigenvalue weighted by Crippen LogP contribution is -2.46. The fraction of sp³-hybridized carbons (Fsp3) is 0.640. The van der Waals surface area contributed by atoms with Crippen molar-refractivity contribution in [1.82, 2.24) is 9.88 Å². The monoisotopic (exact) mass is 415 g/mol. The minimum atomic E-state index is -0.854. The third kappa shape index (κ3) is 7.44. The highest BCUT2D eigenvalue weighted by molar-refractivity contribution is 5.93. The maximum absolute atomic E-state index is 11.2. The Morgan fingerprint density at radius 1 is 1.13 bits per heavy atom. The predicted octanol–water partition coefficient (Wildman–Crippen LogP) is 5.11. The molecule has 0 bridgehead atoms. The average Bonchev–Trinajstić information content (AvgIpc) is 2.68. The third-order valence-electron chi connectivity index (χ3n) is 5.54. The van der Waals surface area contributed by atoms with E-state index < -0.39 is 5.60 Å². The lowest BCUT2D eigenvalue weighted by Gasteiger charge is -2.33. The van der Waals surface area contributed by atoms with E-state index in [1.807, 2.05) is 31.3 Å². The Balaban J connectivity index is 2.13. The van der Waals surface area contributed by atoms with Gasteiger partial charge in [0.05, 0.1) is 23.9 Å². The number of aromatic nitrogens is 1. The molecule has 0 fully saturated rings. The maximum Gasteiger partial charge on any atom is 0.121 e. The lowest BCUT2D eigenvalue weighted by atomic mass is 10.0. The van der Waals surface area contributed by atoms with Gasteiger partial charge in [0.15, 0.2) is 0 Å². The molecule has 0 saturated heterocycles. The molecule has 1 aromatic heterocycles. The molecule has 1 heterocycles. The molecule has 1 atom stereocenters. The fourth-order valence-corrected chi connectivity index (χ4v) is 3.59. The fourth-order valence-electron chi connectivity index (χ4n) is 3.59. The van der Waals surface area contributed by atoms with Crippen LogP contribution >= 0.6 is 0 Å². The Labute approximate surface area is 182 Å². The number of fused-ring (bicyclic) bond motifs is 1. The third-order valence-corrected chi connectivity index (χ3v) is 5.54. The number of pyridine rings is 1. The summed E-state index contributed by atoms with van der Waals surface area (Å²) in [5.41, 5.74) is 2.10. The highest BCUT2D eigenvalue weighted by Gasteiger charge is 2.25. The first kappa shape index (κ1) is 24.4. The van der Waals surface area contributed by atoms with Crippen LogP contribution < -0.4 is 10.1 Å². The topological polar surface area (TPSA) is 57.6 Å². The number of anilines is 1. The van der Waals surface area contributed by atoms with Crippen molar-refractivity contribution >= 4 is 16.6 Å². The summed E-state index contributed by atoms with van der Waals surface area (Å²) >= 11 is 0. The molecule has 168 valence electrons. The first-order valence-corrected chi connectivity index (χ1v) is 11.2. The predicted molar refractivity (Wildman–Crippen MR) is 127 cm³/mol. The summed E-state index contributed by atoms with van der Waals surface area (Å²) in [7, 11) is 1.67. The van der Waals surface area contributed by atoms with E-state index in [0.717, 1.165) is 53.8 Å². The molecule has 0 aliphatic heterocycles. The summed E-state index contributed by atoms with van der Waals surface area (Å²) in [6, 6.07) is 5.98. The van der Waals surface area contributed by atoms with Crippen molar-refractivity contribution in [2.24, 2.45) is 11.8 Å². The first-order chi connectivity index (χ1) is 14.1. The minimum Gasteiger partial charge on any atom is -0.497 e. The van der Waals surface area contributed by atoms with Crippen LogP contribution in [0.15, 0.2) is 24.4 Å². The van der Waals surface area contributed by atoms with Gasteiger partial charge in [0, 0.05) is 30.7 Å². The van der Waals surface area contributed by atoms with E-state index in [9.17, 15) is 5.11 Å². The largest absolute Gasteiger partial charge is 0.497 e. The molecule has 2 aromatic rings. The highest BCUT2D eigenvalue weighted by atomic mass is 16.5. The number of rotatable bonds is 12. The smallest absolute Gasteiger partial charge is 0.121 e. The molecule has 2 rings (SSSR count). The van der Waals surface area contributed by atoms with Gasteiger partial charge in [-0.25, -0.2) is 0 Å². The van der Waals surface area contributed by atoms with Crippen LogP contribution in [0.5, 0.6) is 5.75 Å². The quantitative estimate of drug-likeness (QED) is 0.504. The van der Waals surface area contributed by atoms with E-state index in [2.05, 4.69) is 49.8 Å². The van der Waals surface area contributed by atoms with Gasteiger partial charge in [-0.2, -0.15) is 0 Å². The number of benzene rings is 1. The van der Waals surface area contributed by atoms with Gasteiger partial charge in [0.1, 0.15) is 5.75 Å². The number of hydrogen-bond donors (Lipinski definition) is 2. The van der Waals surface area contributed by atoms with Crippen molar-refractivity contribution in [2.45, 2.75) is 60.0 Å². The Hall–Kier alpha value is -1.85. The van der Waals surface area contributed by atoms with Gasteiger partial charge in [-0.05, 0) is 69.3 Å². The average molecular weight is 416 g/mol.